The zero-order valence-corrected chi connectivity index (χ0v) is 10.5. The third-order valence-corrected chi connectivity index (χ3v) is 3.98. The van der Waals surface area contributed by atoms with Crippen LogP contribution in [0.4, 0.5) is 5.69 Å². The number of anilines is 1. The molecule has 2 amide bonds. The van der Waals surface area contributed by atoms with Crippen LogP contribution >= 0.6 is 0 Å². The summed E-state index contributed by atoms with van der Waals surface area (Å²) in [6, 6.07) is 1.54. The van der Waals surface area contributed by atoms with E-state index in [-0.39, 0.29) is 35.0 Å². The van der Waals surface area contributed by atoms with Crippen LogP contribution in [0.1, 0.15) is 35.4 Å². The van der Waals surface area contributed by atoms with Gasteiger partial charge in [0.1, 0.15) is 5.69 Å². The second-order valence-electron chi connectivity index (χ2n) is 5.17. The summed E-state index contributed by atoms with van der Waals surface area (Å²) in [6.07, 6.45) is 2.33. The van der Waals surface area contributed by atoms with E-state index >= 15 is 0 Å². The summed E-state index contributed by atoms with van der Waals surface area (Å²) in [7, 11) is 0. The molecule has 0 radical (unpaired) electrons. The van der Waals surface area contributed by atoms with Gasteiger partial charge in [-0.05, 0) is 25.8 Å². The minimum Gasteiger partial charge on any atom is -0.477 e. The van der Waals surface area contributed by atoms with Gasteiger partial charge in [-0.15, -0.1) is 0 Å². The quantitative estimate of drug-likeness (QED) is 0.786. The number of aromatic amines is 1. The lowest BCUT2D eigenvalue weighted by Crippen LogP contribution is -2.32. The Morgan fingerprint density at radius 1 is 1.32 bits per heavy atom. The van der Waals surface area contributed by atoms with Crippen molar-refractivity contribution in [2.45, 2.75) is 26.2 Å². The first-order chi connectivity index (χ1) is 9.00. The molecule has 2 atom stereocenters. The smallest absolute Gasteiger partial charge is 0.354 e. The Morgan fingerprint density at radius 3 is 2.42 bits per heavy atom. The van der Waals surface area contributed by atoms with Crippen LogP contribution in [0, 0.1) is 18.8 Å². The average molecular weight is 262 g/mol. The number of carboxylic acid groups (broad SMARTS) is 1. The fraction of sp³-hybridized carbons (Fsp3) is 0.462. The Bertz CT molecular complexity index is 567. The molecule has 2 fully saturated rings. The summed E-state index contributed by atoms with van der Waals surface area (Å²) in [5, 5.41) is 9.13. The zero-order valence-electron chi connectivity index (χ0n) is 10.5. The normalized spacial score (nSPS) is 26.1. The molecule has 1 aromatic rings. The Morgan fingerprint density at radius 2 is 1.89 bits per heavy atom. The second-order valence-corrected chi connectivity index (χ2v) is 5.17. The number of H-pyrrole nitrogens is 1. The fourth-order valence-electron chi connectivity index (χ4n) is 3.14. The molecular weight excluding hydrogens is 248 g/mol. The number of carbonyl (C=O) groups is 3. The maximum Gasteiger partial charge on any atom is 0.354 e. The Labute approximate surface area is 109 Å². The monoisotopic (exact) mass is 262 g/mol. The number of aromatic nitrogens is 1. The molecule has 2 heterocycles. The molecule has 1 aliphatic carbocycles. The minimum atomic E-state index is -1.17. The van der Waals surface area contributed by atoms with Crippen LogP contribution in [0.5, 0.6) is 0 Å². The van der Waals surface area contributed by atoms with E-state index in [4.69, 9.17) is 5.11 Å². The molecule has 1 aromatic heterocycles. The van der Waals surface area contributed by atoms with Gasteiger partial charge in [0.05, 0.1) is 17.5 Å². The van der Waals surface area contributed by atoms with Crippen LogP contribution < -0.4 is 4.90 Å². The summed E-state index contributed by atoms with van der Waals surface area (Å²) >= 11 is 0. The Hall–Kier alpha value is -2.11. The summed E-state index contributed by atoms with van der Waals surface area (Å²) in [5.41, 5.74) is 0.693. The summed E-state index contributed by atoms with van der Waals surface area (Å²) in [5.74, 6) is -2.20. The van der Waals surface area contributed by atoms with Crippen LogP contribution in [0.2, 0.25) is 0 Å². The molecule has 1 saturated carbocycles. The van der Waals surface area contributed by atoms with Crippen LogP contribution in [-0.2, 0) is 9.59 Å². The SMILES string of the molecule is Cc1cc(N2C(=O)C3CCCC3C2=O)c(C(=O)O)[nH]1. The van der Waals surface area contributed by atoms with Crippen LogP contribution in [0.25, 0.3) is 0 Å². The second kappa shape index (κ2) is 3.94. The zero-order chi connectivity index (χ0) is 13.7. The molecule has 6 nitrogen and oxygen atoms in total. The molecular formula is C13H14N2O4. The third-order valence-electron chi connectivity index (χ3n) is 3.98. The molecule has 0 spiro atoms. The third kappa shape index (κ3) is 1.59. The molecule has 2 unspecified atom stereocenters. The molecule has 3 rings (SSSR count). The van der Waals surface area contributed by atoms with Crippen molar-refractivity contribution in [1.82, 2.24) is 4.98 Å². The van der Waals surface area contributed by atoms with Crippen molar-refractivity contribution in [1.29, 1.82) is 0 Å². The van der Waals surface area contributed by atoms with E-state index in [0.717, 1.165) is 24.2 Å². The van der Waals surface area contributed by atoms with Gasteiger partial charge >= 0.3 is 5.97 Å². The number of amides is 2. The number of rotatable bonds is 2. The first kappa shape index (κ1) is 12.0. The van der Waals surface area contributed by atoms with Crippen molar-refractivity contribution >= 4 is 23.5 Å². The van der Waals surface area contributed by atoms with E-state index < -0.39 is 5.97 Å². The molecule has 6 heteroatoms. The lowest BCUT2D eigenvalue weighted by Gasteiger charge is -2.14. The number of hydrogen-bond acceptors (Lipinski definition) is 3. The van der Waals surface area contributed by atoms with Gasteiger partial charge in [-0.25, -0.2) is 9.69 Å². The summed E-state index contributed by atoms with van der Waals surface area (Å²) in [4.78, 5) is 39.5. The van der Waals surface area contributed by atoms with Crippen molar-refractivity contribution in [3.63, 3.8) is 0 Å². The number of carbonyl (C=O) groups excluding carboxylic acids is 2. The molecule has 0 bridgehead atoms. The number of fused-ring (bicyclic) bond motifs is 1. The summed E-state index contributed by atoms with van der Waals surface area (Å²) < 4.78 is 0. The van der Waals surface area contributed by atoms with E-state index in [1.165, 1.54) is 0 Å². The highest BCUT2D eigenvalue weighted by Crippen LogP contribution is 2.42. The van der Waals surface area contributed by atoms with Gasteiger partial charge < -0.3 is 10.1 Å². The average Bonchev–Trinajstić information content (AvgIpc) is 2.99. The van der Waals surface area contributed by atoms with Gasteiger partial charge in [0.15, 0.2) is 0 Å². The molecule has 0 aromatic carbocycles. The van der Waals surface area contributed by atoms with Gasteiger partial charge in [0.2, 0.25) is 11.8 Å². The molecule has 1 saturated heterocycles. The van der Waals surface area contributed by atoms with Crippen LogP contribution in [-0.4, -0.2) is 27.9 Å². The molecule has 19 heavy (non-hydrogen) atoms. The van der Waals surface area contributed by atoms with E-state index in [0.29, 0.717) is 5.69 Å². The van der Waals surface area contributed by atoms with E-state index in [2.05, 4.69) is 4.98 Å². The number of imide groups is 1. The number of nitrogens with zero attached hydrogens (tertiary/aromatic N) is 1. The maximum atomic E-state index is 12.3. The first-order valence-corrected chi connectivity index (χ1v) is 6.31. The molecule has 100 valence electrons. The largest absolute Gasteiger partial charge is 0.477 e. The molecule has 1 aliphatic heterocycles. The van der Waals surface area contributed by atoms with Gasteiger partial charge in [0, 0.05) is 5.69 Å². The highest BCUT2D eigenvalue weighted by atomic mass is 16.4. The predicted molar refractivity (Wildman–Crippen MR) is 65.8 cm³/mol. The van der Waals surface area contributed by atoms with Crippen molar-refractivity contribution in [2.24, 2.45) is 11.8 Å². The number of aryl methyl sites for hydroxylation is 1. The highest BCUT2D eigenvalue weighted by molar-refractivity contribution is 6.23. The number of nitrogens with one attached hydrogen (secondary N) is 1. The fourth-order valence-corrected chi connectivity index (χ4v) is 3.14. The van der Waals surface area contributed by atoms with E-state index in [9.17, 15) is 14.4 Å². The highest BCUT2D eigenvalue weighted by Gasteiger charge is 2.51. The molecule has 2 aliphatic rings. The van der Waals surface area contributed by atoms with Gasteiger partial charge in [-0.2, -0.15) is 0 Å². The van der Waals surface area contributed by atoms with Crippen LogP contribution in [0.15, 0.2) is 6.07 Å². The van der Waals surface area contributed by atoms with Gasteiger partial charge in [-0.1, -0.05) is 6.42 Å². The first-order valence-electron chi connectivity index (χ1n) is 6.31. The predicted octanol–water partition coefficient (Wildman–Crippen LogP) is 1.31. The minimum absolute atomic E-state index is 0.0980. The van der Waals surface area contributed by atoms with Crippen molar-refractivity contribution in [2.75, 3.05) is 4.90 Å². The van der Waals surface area contributed by atoms with E-state index in [1.54, 1.807) is 13.0 Å². The number of aromatic carboxylic acids is 1. The lowest BCUT2D eigenvalue weighted by molar-refractivity contribution is -0.122. The van der Waals surface area contributed by atoms with Gasteiger partial charge in [0.25, 0.3) is 0 Å². The van der Waals surface area contributed by atoms with Crippen LogP contribution in [0.3, 0.4) is 0 Å². The van der Waals surface area contributed by atoms with Crippen molar-refractivity contribution in [3.8, 4) is 0 Å². The maximum absolute atomic E-state index is 12.3. The molecule has 2 N–H and O–H groups in total. The van der Waals surface area contributed by atoms with Crippen molar-refractivity contribution < 1.29 is 19.5 Å². The Kier molecular flexibility index (Phi) is 2.48. The number of carboxylic acids is 1. The topological polar surface area (TPSA) is 90.5 Å². The Balaban J connectivity index is 2.05. The van der Waals surface area contributed by atoms with E-state index in [1.807, 2.05) is 0 Å². The number of hydrogen-bond donors (Lipinski definition) is 2. The standard InChI is InChI=1S/C13H14N2O4/c1-6-5-9(10(14-6)13(18)19)15-11(16)7-3-2-4-8(7)12(15)17/h5,7-8,14H,2-4H2,1H3,(H,18,19). The van der Waals surface area contributed by atoms with Crippen molar-refractivity contribution in [3.05, 3.63) is 17.5 Å². The summed E-state index contributed by atoms with van der Waals surface area (Å²) in [6.45, 7) is 1.70. The lowest BCUT2D eigenvalue weighted by atomic mass is 10.00. The van der Waals surface area contributed by atoms with Gasteiger partial charge in [-0.3, -0.25) is 9.59 Å².